The van der Waals surface area contributed by atoms with E-state index in [2.05, 4.69) is 5.32 Å². The zero-order valence-electron chi connectivity index (χ0n) is 21.9. The van der Waals surface area contributed by atoms with Crippen LogP contribution >= 0.6 is 0 Å². The van der Waals surface area contributed by atoms with Gasteiger partial charge in [-0.1, -0.05) is 69.3 Å². The van der Waals surface area contributed by atoms with E-state index < -0.39 is 34.3 Å². The van der Waals surface area contributed by atoms with Crippen molar-refractivity contribution in [2.75, 3.05) is 17.4 Å². The van der Waals surface area contributed by atoms with Crippen molar-refractivity contribution in [1.82, 2.24) is 10.2 Å². The Balaban J connectivity index is 2.01. The lowest BCUT2D eigenvalue weighted by Gasteiger charge is -2.33. The van der Waals surface area contributed by atoms with E-state index in [0.29, 0.717) is 13.0 Å². The average molecular weight is 540 g/mol. The number of carbonyl (C=O) groups is 2. The van der Waals surface area contributed by atoms with Gasteiger partial charge in [-0.2, -0.15) is 0 Å². The smallest absolute Gasteiger partial charge is 0.264 e. The van der Waals surface area contributed by atoms with Crippen molar-refractivity contribution in [3.8, 4) is 0 Å². The van der Waals surface area contributed by atoms with Gasteiger partial charge in [-0.25, -0.2) is 12.8 Å². The Hall–Kier alpha value is -3.72. The van der Waals surface area contributed by atoms with Crippen molar-refractivity contribution < 1.29 is 22.4 Å². The Morgan fingerprint density at radius 2 is 1.47 bits per heavy atom. The van der Waals surface area contributed by atoms with Crippen molar-refractivity contribution in [2.24, 2.45) is 5.92 Å². The molecule has 0 spiro atoms. The van der Waals surface area contributed by atoms with Gasteiger partial charge < -0.3 is 10.2 Å². The third kappa shape index (κ3) is 7.41. The number of nitrogens with zero attached hydrogens (tertiary/aromatic N) is 2. The number of carbonyl (C=O) groups excluding carboxylic acids is 2. The first-order valence-electron chi connectivity index (χ1n) is 12.6. The van der Waals surface area contributed by atoms with Crippen molar-refractivity contribution in [3.05, 3.63) is 96.3 Å². The summed E-state index contributed by atoms with van der Waals surface area (Å²) in [5.74, 6) is -1.16. The van der Waals surface area contributed by atoms with Crippen LogP contribution in [0.2, 0.25) is 0 Å². The van der Waals surface area contributed by atoms with E-state index in [4.69, 9.17) is 0 Å². The molecule has 2 amide bonds. The Labute approximate surface area is 224 Å². The van der Waals surface area contributed by atoms with Crippen molar-refractivity contribution >= 4 is 27.5 Å². The van der Waals surface area contributed by atoms with Gasteiger partial charge in [0.05, 0.1) is 10.6 Å². The topological polar surface area (TPSA) is 86.8 Å². The van der Waals surface area contributed by atoms with E-state index in [-0.39, 0.29) is 29.0 Å². The second-order valence-electron chi connectivity index (χ2n) is 9.37. The predicted octanol–water partition coefficient (Wildman–Crippen LogP) is 4.60. The number of hydrogen-bond acceptors (Lipinski definition) is 4. The third-order valence-corrected chi connectivity index (χ3v) is 7.78. The number of sulfonamides is 1. The molecule has 0 heterocycles. The molecule has 0 aliphatic carbocycles. The van der Waals surface area contributed by atoms with Gasteiger partial charge in [0.2, 0.25) is 11.8 Å². The number of rotatable bonds is 12. The molecule has 3 aromatic carbocycles. The van der Waals surface area contributed by atoms with Crippen LogP contribution in [-0.2, 0) is 26.2 Å². The lowest BCUT2D eigenvalue weighted by molar-refractivity contribution is -0.140. The van der Waals surface area contributed by atoms with Crippen LogP contribution in [0, 0.1) is 11.7 Å². The summed E-state index contributed by atoms with van der Waals surface area (Å²) < 4.78 is 42.0. The van der Waals surface area contributed by atoms with Gasteiger partial charge in [0, 0.05) is 13.1 Å². The molecular formula is C29H34FN3O4S. The molecule has 0 aliphatic heterocycles. The molecular weight excluding hydrogens is 505 g/mol. The summed E-state index contributed by atoms with van der Waals surface area (Å²) in [5, 5.41) is 2.90. The maximum atomic E-state index is 13.9. The summed E-state index contributed by atoms with van der Waals surface area (Å²) in [6.45, 7) is 5.77. The Morgan fingerprint density at radius 1 is 0.895 bits per heavy atom. The Kier molecular flexibility index (Phi) is 10.0. The van der Waals surface area contributed by atoms with Crippen LogP contribution in [0.1, 0.15) is 32.8 Å². The van der Waals surface area contributed by atoms with Crippen LogP contribution in [0.15, 0.2) is 89.8 Å². The minimum Gasteiger partial charge on any atom is -0.354 e. The molecule has 0 saturated carbocycles. The van der Waals surface area contributed by atoms with Gasteiger partial charge in [0.25, 0.3) is 10.0 Å². The highest BCUT2D eigenvalue weighted by atomic mass is 32.2. The van der Waals surface area contributed by atoms with Crippen LogP contribution < -0.4 is 9.62 Å². The third-order valence-electron chi connectivity index (χ3n) is 5.99. The number of nitrogens with one attached hydrogen (secondary N) is 1. The van der Waals surface area contributed by atoms with E-state index in [1.54, 1.807) is 18.2 Å². The molecule has 1 atom stereocenters. The Morgan fingerprint density at radius 3 is 2.03 bits per heavy atom. The molecule has 0 radical (unpaired) electrons. The minimum absolute atomic E-state index is 0.00606. The summed E-state index contributed by atoms with van der Waals surface area (Å²) in [6.07, 6.45) is 0.338. The van der Waals surface area contributed by atoms with Crippen molar-refractivity contribution in [3.63, 3.8) is 0 Å². The molecule has 0 bridgehead atoms. The van der Waals surface area contributed by atoms with Gasteiger partial charge in [-0.05, 0) is 54.3 Å². The number of amides is 2. The first-order chi connectivity index (χ1) is 18.1. The van der Waals surface area contributed by atoms with E-state index in [0.717, 1.165) is 22.0 Å². The lowest BCUT2D eigenvalue weighted by Crippen LogP contribution is -2.52. The summed E-state index contributed by atoms with van der Waals surface area (Å²) >= 11 is 0. The van der Waals surface area contributed by atoms with E-state index in [9.17, 15) is 22.4 Å². The SMILES string of the molecule is CCC(C(=O)NCC(C)C)N(Cc1ccccc1)C(=O)CN(c1ccc(F)cc1)S(=O)(=O)c1ccccc1. The maximum Gasteiger partial charge on any atom is 0.264 e. The molecule has 1 N–H and O–H groups in total. The van der Waals surface area contributed by atoms with Crippen LogP contribution in [-0.4, -0.2) is 44.3 Å². The summed E-state index contributed by atoms with van der Waals surface area (Å²) in [7, 11) is -4.18. The van der Waals surface area contributed by atoms with Gasteiger partial charge in [0.1, 0.15) is 18.4 Å². The van der Waals surface area contributed by atoms with Crippen LogP contribution in [0.4, 0.5) is 10.1 Å². The molecule has 38 heavy (non-hydrogen) atoms. The number of anilines is 1. The first-order valence-corrected chi connectivity index (χ1v) is 14.0. The maximum absolute atomic E-state index is 13.9. The van der Waals surface area contributed by atoms with Gasteiger partial charge in [0.15, 0.2) is 0 Å². The zero-order valence-corrected chi connectivity index (χ0v) is 22.7. The van der Waals surface area contributed by atoms with Gasteiger partial charge in [-0.15, -0.1) is 0 Å². The second-order valence-corrected chi connectivity index (χ2v) is 11.2. The minimum atomic E-state index is -4.18. The molecule has 3 aromatic rings. The largest absolute Gasteiger partial charge is 0.354 e. The summed E-state index contributed by atoms with van der Waals surface area (Å²) in [4.78, 5) is 28.4. The summed E-state index contributed by atoms with van der Waals surface area (Å²) in [5.41, 5.74) is 0.941. The molecule has 0 fully saturated rings. The fraction of sp³-hybridized carbons (Fsp3) is 0.310. The van der Waals surface area contributed by atoms with Crippen LogP contribution in [0.25, 0.3) is 0 Å². The summed E-state index contributed by atoms with van der Waals surface area (Å²) in [6, 6.07) is 21.1. The Bertz CT molecular complexity index is 1300. The molecule has 3 rings (SSSR count). The van der Waals surface area contributed by atoms with E-state index in [1.807, 2.05) is 51.1 Å². The van der Waals surface area contributed by atoms with E-state index in [1.165, 1.54) is 29.2 Å². The molecule has 0 aliphatic rings. The molecule has 202 valence electrons. The monoisotopic (exact) mass is 539 g/mol. The van der Waals surface area contributed by atoms with Crippen molar-refractivity contribution in [2.45, 2.75) is 44.7 Å². The molecule has 1 unspecified atom stereocenters. The highest BCUT2D eigenvalue weighted by Crippen LogP contribution is 2.25. The highest BCUT2D eigenvalue weighted by Gasteiger charge is 2.33. The average Bonchev–Trinajstić information content (AvgIpc) is 2.92. The van der Waals surface area contributed by atoms with Crippen LogP contribution in [0.3, 0.4) is 0 Å². The molecule has 0 saturated heterocycles. The quantitative estimate of drug-likeness (QED) is 0.365. The highest BCUT2D eigenvalue weighted by molar-refractivity contribution is 7.92. The standard InChI is InChI=1S/C29H34FN3O4S/c1-4-27(29(35)31-19-22(2)3)32(20-23-11-7-5-8-12-23)28(34)21-33(25-17-15-24(30)16-18-25)38(36,37)26-13-9-6-10-14-26/h5-18,22,27H,4,19-21H2,1-3H3,(H,31,35). The van der Waals surface area contributed by atoms with Crippen molar-refractivity contribution in [1.29, 1.82) is 0 Å². The van der Waals surface area contributed by atoms with Gasteiger partial charge in [-0.3, -0.25) is 13.9 Å². The lowest BCUT2D eigenvalue weighted by atomic mass is 10.1. The molecule has 7 nitrogen and oxygen atoms in total. The zero-order chi connectivity index (χ0) is 27.7. The molecule has 0 aromatic heterocycles. The molecule has 9 heteroatoms. The fourth-order valence-corrected chi connectivity index (χ4v) is 5.41. The number of benzene rings is 3. The van der Waals surface area contributed by atoms with Gasteiger partial charge >= 0.3 is 0 Å². The second kappa shape index (κ2) is 13.2. The number of hydrogen-bond donors (Lipinski definition) is 1. The predicted molar refractivity (Wildman–Crippen MR) is 146 cm³/mol. The first kappa shape index (κ1) is 28.8. The van der Waals surface area contributed by atoms with E-state index >= 15 is 0 Å². The number of halogens is 1. The normalized spacial score (nSPS) is 12.1. The fourth-order valence-electron chi connectivity index (χ4n) is 3.98. The van der Waals surface area contributed by atoms with Crippen LogP contribution in [0.5, 0.6) is 0 Å².